The minimum Gasteiger partial charge on any atom is -0.309 e. The third-order valence-corrected chi connectivity index (χ3v) is 5.14. The summed E-state index contributed by atoms with van der Waals surface area (Å²) in [5.41, 5.74) is 0. The number of allylic oxidation sites excluding steroid dienone is 1. The van der Waals surface area contributed by atoms with Gasteiger partial charge in [-0.1, -0.05) is 42.0 Å². The van der Waals surface area contributed by atoms with Crippen molar-refractivity contribution in [2.75, 3.05) is 0 Å². The fourth-order valence-electron chi connectivity index (χ4n) is 2.39. The second-order valence-electron chi connectivity index (χ2n) is 4.70. The summed E-state index contributed by atoms with van der Waals surface area (Å²) in [5.74, 6) is 0. The van der Waals surface area contributed by atoms with Crippen LogP contribution < -0.4 is 5.32 Å². The molecule has 1 aliphatic rings. The van der Waals surface area contributed by atoms with Crippen LogP contribution in [0.25, 0.3) is 10.1 Å². The Hall–Kier alpha value is -0.830. The van der Waals surface area contributed by atoms with E-state index < -0.39 is 0 Å². The van der Waals surface area contributed by atoms with Crippen LogP contribution in [0.2, 0.25) is 5.02 Å². The van der Waals surface area contributed by atoms with Gasteiger partial charge in [-0.05, 0) is 25.3 Å². The van der Waals surface area contributed by atoms with Gasteiger partial charge in [0, 0.05) is 27.5 Å². The lowest BCUT2D eigenvalue weighted by Gasteiger charge is -2.18. The Labute approximate surface area is 116 Å². The summed E-state index contributed by atoms with van der Waals surface area (Å²) in [6.07, 6.45) is 8.11. The van der Waals surface area contributed by atoms with Gasteiger partial charge >= 0.3 is 0 Å². The summed E-state index contributed by atoms with van der Waals surface area (Å²) >= 11 is 8.23. The van der Waals surface area contributed by atoms with Crippen molar-refractivity contribution in [1.29, 1.82) is 0 Å². The highest BCUT2D eigenvalue weighted by Crippen LogP contribution is 2.35. The quantitative estimate of drug-likeness (QED) is 0.798. The summed E-state index contributed by atoms with van der Waals surface area (Å²) in [6, 6.07) is 8.96. The molecule has 3 heteroatoms. The number of benzene rings is 1. The number of rotatable bonds is 3. The van der Waals surface area contributed by atoms with Gasteiger partial charge in [-0.2, -0.15) is 0 Å². The minimum absolute atomic E-state index is 0.608. The zero-order valence-corrected chi connectivity index (χ0v) is 11.7. The molecule has 0 fully saturated rings. The minimum atomic E-state index is 0.608. The maximum atomic E-state index is 6.43. The standard InChI is InChI=1S/C15H16ClNS/c16-15-12-8-4-5-9-13(12)18-14(15)10-17-11-6-2-1-3-7-11/h1-2,4-5,8-9,11,17H,3,6-7,10H2. The molecule has 1 aromatic heterocycles. The molecule has 0 saturated heterocycles. The van der Waals surface area contributed by atoms with Gasteiger partial charge in [-0.3, -0.25) is 0 Å². The highest BCUT2D eigenvalue weighted by atomic mass is 35.5. The molecule has 0 radical (unpaired) electrons. The fraction of sp³-hybridized carbons (Fsp3) is 0.333. The highest BCUT2D eigenvalue weighted by molar-refractivity contribution is 7.19. The molecule has 94 valence electrons. The zero-order valence-electron chi connectivity index (χ0n) is 10.2. The summed E-state index contributed by atoms with van der Waals surface area (Å²) in [7, 11) is 0. The molecule has 18 heavy (non-hydrogen) atoms. The summed E-state index contributed by atoms with van der Waals surface area (Å²) in [5, 5.41) is 5.72. The summed E-state index contributed by atoms with van der Waals surface area (Å²) in [6.45, 7) is 0.886. The number of nitrogens with one attached hydrogen (secondary N) is 1. The number of thiophene rings is 1. The molecule has 1 aliphatic carbocycles. The summed E-state index contributed by atoms with van der Waals surface area (Å²) in [4.78, 5) is 1.26. The van der Waals surface area contributed by atoms with Crippen molar-refractivity contribution in [3.8, 4) is 0 Å². The number of hydrogen-bond donors (Lipinski definition) is 1. The van der Waals surface area contributed by atoms with Crippen molar-refractivity contribution in [3.63, 3.8) is 0 Å². The molecule has 1 heterocycles. The van der Waals surface area contributed by atoms with Gasteiger partial charge in [0.2, 0.25) is 0 Å². The van der Waals surface area contributed by atoms with Gasteiger partial charge in [-0.25, -0.2) is 0 Å². The number of halogens is 1. The van der Waals surface area contributed by atoms with Crippen molar-refractivity contribution in [2.45, 2.75) is 31.8 Å². The lowest BCUT2D eigenvalue weighted by molar-refractivity contribution is 0.476. The van der Waals surface area contributed by atoms with E-state index in [9.17, 15) is 0 Å². The van der Waals surface area contributed by atoms with Crippen molar-refractivity contribution < 1.29 is 0 Å². The highest BCUT2D eigenvalue weighted by Gasteiger charge is 2.13. The maximum absolute atomic E-state index is 6.43. The van der Waals surface area contributed by atoms with E-state index in [2.05, 4.69) is 35.7 Å². The molecule has 3 rings (SSSR count). The topological polar surface area (TPSA) is 12.0 Å². The Morgan fingerprint density at radius 2 is 2.17 bits per heavy atom. The average molecular weight is 278 g/mol. The van der Waals surface area contributed by atoms with Gasteiger partial charge in [0.15, 0.2) is 0 Å². The first-order valence-electron chi connectivity index (χ1n) is 6.39. The average Bonchev–Trinajstić information content (AvgIpc) is 2.75. The molecule has 1 aromatic carbocycles. The van der Waals surface area contributed by atoms with Crippen molar-refractivity contribution >= 4 is 33.0 Å². The molecule has 0 bridgehead atoms. The third kappa shape index (κ3) is 2.46. The lowest BCUT2D eigenvalue weighted by atomic mass is 10.0. The van der Waals surface area contributed by atoms with E-state index in [4.69, 9.17) is 11.6 Å². The Morgan fingerprint density at radius 1 is 1.28 bits per heavy atom. The van der Waals surface area contributed by atoms with Gasteiger partial charge in [0.25, 0.3) is 0 Å². The predicted octanol–water partition coefficient (Wildman–Crippen LogP) is 4.75. The molecule has 2 aromatic rings. The SMILES string of the molecule is Clc1c(CNC2CC=CCC2)sc2ccccc12. The van der Waals surface area contributed by atoms with Gasteiger partial charge in [0.1, 0.15) is 0 Å². The molecule has 0 spiro atoms. The monoisotopic (exact) mass is 277 g/mol. The molecule has 1 N–H and O–H groups in total. The van der Waals surface area contributed by atoms with Crippen LogP contribution in [0.4, 0.5) is 0 Å². The molecular weight excluding hydrogens is 262 g/mol. The smallest absolute Gasteiger partial charge is 0.0636 e. The second-order valence-corrected chi connectivity index (χ2v) is 6.21. The Bertz CT molecular complexity index is 573. The van der Waals surface area contributed by atoms with Crippen LogP contribution in [0.1, 0.15) is 24.1 Å². The molecule has 1 unspecified atom stereocenters. The Balaban J connectivity index is 1.74. The zero-order chi connectivity index (χ0) is 12.4. The molecular formula is C15H16ClNS. The van der Waals surface area contributed by atoms with Crippen LogP contribution in [0.5, 0.6) is 0 Å². The van der Waals surface area contributed by atoms with Crippen molar-refractivity contribution in [2.24, 2.45) is 0 Å². The van der Waals surface area contributed by atoms with E-state index in [0.717, 1.165) is 18.0 Å². The largest absolute Gasteiger partial charge is 0.309 e. The fourth-order valence-corrected chi connectivity index (χ4v) is 3.84. The van der Waals surface area contributed by atoms with Crippen LogP contribution >= 0.6 is 22.9 Å². The molecule has 0 aliphatic heterocycles. The first-order valence-corrected chi connectivity index (χ1v) is 7.58. The Kier molecular flexibility index (Phi) is 3.69. The number of hydrogen-bond acceptors (Lipinski definition) is 2. The molecule has 0 saturated carbocycles. The van der Waals surface area contributed by atoms with E-state index in [-0.39, 0.29) is 0 Å². The maximum Gasteiger partial charge on any atom is 0.0636 e. The predicted molar refractivity (Wildman–Crippen MR) is 80.5 cm³/mol. The van der Waals surface area contributed by atoms with E-state index in [0.29, 0.717) is 6.04 Å². The third-order valence-electron chi connectivity index (χ3n) is 3.42. The summed E-state index contributed by atoms with van der Waals surface area (Å²) < 4.78 is 1.28. The molecule has 1 nitrogen and oxygen atoms in total. The second kappa shape index (κ2) is 5.43. The van der Waals surface area contributed by atoms with Gasteiger partial charge < -0.3 is 5.32 Å². The normalized spacial score (nSPS) is 19.5. The van der Waals surface area contributed by atoms with Crippen LogP contribution in [0, 0.1) is 0 Å². The van der Waals surface area contributed by atoms with E-state index in [1.54, 1.807) is 11.3 Å². The van der Waals surface area contributed by atoms with E-state index in [1.165, 1.54) is 27.8 Å². The lowest BCUT2D eigenvalue weighted by Crippen LogP contribution is -2.28. The molecule has 0 amide bonds. The first kappa shape index (κ1) is 12.2. The van der Waals surface area contributed by atoms with Crippen LogP contribution in [-0.4, -0.2) is 6.04 Å². The van der Waals surface area contributed by atoms with Crippen LogP contribution in [0.3, 0.4) is 0 Å². The van der Waals surface area contributed by atoms with Gasteiger partial charge in [0.05, 0.1) is 5.02 Å². The molecule has 1 atom stereocenters. The van der Waals surface area contributed by atoms with Crippen LogP contribution in [0.15, 0.2) is 36.4 Å². The van der Waals surface area contributed by atoms with E-state index >= 15 is 0 Å². The Morgan fingerprint density at radius 3 is 2.94 bits per heavy atom. The van der Waals surface area contributed by atoms with Gasteiger partial charge in [-0.15, -0.1) is 11.3 Å². The van der Waals surface area contributed by atoms with Crippen molar-refractivity contribution in [3.05, 3.63) is 46.3 Å². The van der Waals surface area contributed by atoms with Crippen LogP contribution in [-0.2, 0) is 6.54 Å². The van der Waals surface area contributed by atoms with Crippen molar-refractivity contribution in [1.82, 2.24) is 5.32 Å². The van der Waals surface area contributed by atoms with E-state index in [1.807, 2.05) is 6.07 Å². The number of fused-ring (bicyclic) bond motifs is 1. The first-order chi connectivity index (χ1) is 8.84.